The van der Waals surface area contributed by atoms with E-state index in [1.807, 2.05) is 6.20 Å². The average molecular weight is 212 g/mol. The number of aryl methyl sites for hydroxylation is 1. The minimum absolute atomic E-state index is 0.328. The molecule has 0 spiro atoms. The van der Waals surface area contributed by atoms with Crippen molar-refractivity contribution in [2.45, 2.75) is 40.2 Å². The minimum atomic E-state index is 0.328. The number of thiol groups is 1. The zero-order valence-corrected chi connectivity index (χ0v) is 10.2. The molecule has 0 N–H and O–H groups in total. The van der Waals surface area contributed by atoms with Crippen molar-refractivity contribution in [2.24, 2.45) is 5.41 Å². The summed E-state index contributed by atoms with van der Waals surface area (Å²) in [6.07, 6.45) is 6.26. The Hall–Kier alpha value is -0.440. The maximum atomic E-state index is 4.47. The van der Waals surface area contributed by atoms with Crippen molar-refractivity contribution in [1.82, 2.24) is 9.55 Å². The summed E-state index contributed by atoms with van der Waals surface area (Å²) in [4.78, 5) is 4.24. The van der Waals surface area contributed by atoms with Crippen LogP contribution in [0.5, 0.6) is 0 Å². The van der Waals surface area contributed by atoms with E-state index >= 15 is 0 Å². The maximum absolute atomic E-state index is 4.47. The predicted octanol–water partition coefficient (Wildman–Crippen LogP) is 2.93. The Bertz CT molecular complexity index is 268. The first-order valence-corrected chi connectivity index (χ1v) is 5.89. The van der Waals surface area contributed by atoms with Gasteiger partial charge in [0.2, 0.25) is 0 Å². The van der Waals surface area contributed by atoms with Gasteiger partial charge in [-0.1, -0.05) is 13.8 Å². The van der Waals surface area contributed by atoms with E-state index in [1.54, 1.807) is 0 Å². The van der Waals surface area contributed by atoms with Gasteiger partial charge in [-0.2, -0.15) is 12.6 Å². The second kappa shape index (κ2) is 4.87. The lowest BCUT2D eigenvalue weighted by Crippen LogP contribution is -2.27. The highest BCUT2D eigenvalue weighted by molar-refractivity contribution is 7.80. The highest BCUT2D eigenvalue weighted by Gasteiger charge is 2.25. The Morgan fingerprint density at radius 3 is 2.43 bits per heavy atom. The van der Waals surface area contributed by atoms with Gasteiger partial charge in [0.25, 0.3) is 0 Å². The van der Waals surface area contributed by atoms with Crippen LogP contribution in [0, 0.1) is 12.3 Å². The fraction of sp³-hybridized carbons (Fsp3) is 0.727. The predicted molar refractivity (Wildman–Crippen MR) is 63.8 cm³/mol. The van der Waals surface area contributed by atoms with Crippen molar-refractivity contribution in [2.75, 3.05) is 5.75 Å². The molecule has 3 heteroatoms. The standard InChI is InChI=1S/C11H20N2S/c1-4-11(5-2,9-14)8-13-7-6-12-10(13)3/h6-7,14H,4-5,8-9H2,1-3H3. The Morgan fingerprint density at radius 2 is 2.07 bits per heavy atom. The summed E-state index contributed by atoms with van der Waals surface area (Å²) in [6, 6.07) is 0. The first-order chi connectivity index (χ1) is 6.67. The minimum Gasteiger partial charge on any atom is -0.335 e. The van der Waals surface area contributed by atoms with Gasteiger partial charge in [0.05, 0.1) is 0 Å². The van der Waals surface area contributed by atoms with Crippen molar-refractivity contribution in [3.8, 4) is 0 Å². The average Bonchev–Trinajstić information content (AvgIpc) is 2.61. The van der Waals surface area contributed by atoms with Gasteiger partial charge in [0.15, 0.2) is 0 Å². The molecule has 0 bridgehead atoms. The van der Waals surface area contributed by atoms with Crippen LogP contribution < -0.4 is 0 Å². The van der Waals surface area contributed by atoms with Crippen LogP contribution in [-0.2, 0) is 6.54 Å². The normalized spacial score (nSPS) is 12.0. The molecular weight excluding hydrogens is 192 g/mol. The molecule has 0 radical (unpaired) electrons. The number of hydrogen-bond donors (Lipinski definition) is 1. The fourth-order valence-electron chi connectivity index (χ4n) is 1.68. The molecule has 0 aliphatic rings. The molecule has 1 rings (SSSR count). The van der Waals surface area contributed by atoms with Gasteiger partial charge in [-0.15, -0.1) is 0 Å². The third-order valence-corrected chi connectivity index (χ3v) is 3.94. The van der Waals surface area contributed by atoms with E-state index in [2.05, 4.69) is 49.1 Å². The number of imidazole rings is 1. The third-order valence-electron chi connectivity index (χ3n) is 3.26. The largest absolute Gasteiger partial charge is 0.335 e. The quantitative estimate of drug-likeness (QED) is 0.743. The van der Waals surface area contributed by atoms with Gasteiger partial charge in [-0.3, -0.25) is 0 Å². The number of hydrogen-bond acceptors (Lipinski definition) is 2. The van der Waals surface area contributed by atoms with E-state index in [0.29, 0.717) is 5.41 Å². The van der Waals surface area contributed by atoms with Crippen LogP contribution in [-0.4, -0.2) is 15.3 Å². The molecule has 0 fully saturated rings. The van der Waals surface area contributed by atoms with E-state index in [-0.39, 0.29) is 0 Å². The summed E-state index contributed by atoms with van der Waals surface area (Å²) in [5.41, 5.74) is 0.328. The highest BCUT2D eigenvalue weighted by Crippen LogP contribution is 2.30. The summed E-state index contributed by atoms with van der Waals surface area (Å²) in [5, 5.41) is 0. The van der Waals surface area contributed by atoms with Gasteiger partial charge in [0, 0.05) is 18.9 Å². The zero-order chi connectivity index (χ0) is 10.6. The number of rotatable bonds is 5. The molecule has 0 amide bonds. The van der Waals surface area contributed by atoms with E-state index in [1.165, 1.54) is 12.8 Å². The van der Waals surface area contributed by atoms with Crippen LogP contribution in [0.15, 0.2) is 12.4 Å². The monoisotopic (exact) mass is 212 g/mol. The van der Waals surface area contributed by atoms with Gasteiger partial charge in [0.1, 0.15) is 5.82 Å². The topological polar surface area (TPSA) is 17.8 Å². The van der Waals surface area contributed by atoms with E-state index in [9.17, 15) is 0 Å². The third kappa shape index (κ3) is 2.32. The number of nitrogens with zero attached hydrogens (tertiary/aromatic N) is 2. The molecule has 1 aromatic heterocycles. The lowest BCUT2D eigenvalue weighted by Gasteiger charge is -2.30. The van der Waals surface area contributed by atoms with Crippen LogP contribution >= 0.6 is 12.6 Å². The molecule has 1 heterocycles. The Balaban J connectivity index is 2.79. The molecule has 0 aliphatic heterocycles. The molecule has 0 saturated heterocycles. The SMILES string of the molecule is CCC(CC)(CS)Cn1ccnc1C. The van der Waals surface area contributed by atoms with Crippen molar-refractivity contribution in [3.05, 3.63) is 18.2 Å². The lowest BCUT2D eigenvalue weighted by molar-refractivity contribution is 0.256. The fourth-order valence-corrected chi connectivity index (χ4v) is 2.23. The second-order valence-corrected chi connectivity index (χ2v) is 4.28. The highest BCUT2D eigenvalue weighted by atomic mass is 32.1. The van der Waals surface area contributed by atoms with Crippen molar-refractivity contribution >= 4 is 12.6 Å². The molecule has 14 heavy (non-hydrogen) atoms. The summed E-state index contributed by atoms with van der Waals surface area (Å²) < 4.78 is 2.23. The van der Waals surface area contributed by atoms with Gasteiger partial charge >= 0.3 is 0 Å². The molecule has 0 atom stereocenters. The molecule has 0 unspecified atom stereocenters. The Morgan fingerprint density at radius 1 is 1.43 bits per heavy atom. The Kier molecular flexibility index (Phi) is 4.05. The molecule has 0 saturated carbocycles. The van der Waals surface area contributed by atoms with E-state index in [4.69, 9.17) is 0 Å². The molecule has 0 aliphatic carbocycles. The van der Waals surface area contributed by atoms with Gasteiger partial charge in [-0.05, 0) is 30.9 Å². The molecule has 1 aromatic rings. The van der Waals surface area contributed by atoms with Crippen LogP contribution in [0.2, 0.25) is 0 Å². The summed E-state index contributed by atoms with van der Waals surface area (Å²) >= 11 is 4.47. The van der Waals surface area contributed by atoms with Crippen molar-refractivity contribution in [1.29, 1.82) is 0 Å². The first-order valence-electron chi connectivity index (χ1n) is 5.26. The van der Waals surface area contributed by atoms with Crippen LogP contribution in [0.25, 0.3) is 0 Å². The molecule has 2 nitrogen and oxygen atoms in total. The van der Waals surface area contributed by atoms with Gasteiger partial charge in [-0.25, -0.2) is 4.98 Å². The second-order valence-electron chi connectivity index (χ2n) is 3.97. The maximum Gasteiger partial charge on any atom is 0.105 e. The lowest BCUT2D eigenvalue weighted by atomic mass is 9.84. The van der Waals surface area contributed by atoms with Crippen molar-refractivity contribution in [3.63, 3.8) is 0 Å². The molecule has 80 valence electrons. The van der Waals surface area contributed by atoms with E-state index in [0.717, 1.165) is 18.1 Å². The van der Waals surface area contributed by atoms with Crippen LogP contribution in [0.1, 0.15) is 32.5 Å². The molecular formula is C11H20N2S. The summed E-state index contributed by atoms with van der Waals surface area (Å²) in [6.45, 7) is 7.57. The van der Waals surface area contributed by atoms with Gasteiger partial charge < -0.3 is 4.57 Å². The van der Waals surface area contributed by atoms with Crippen molar-refractivity contribution < 1.29 is 0 Å². The first kappa shape index (κ1) is 11.6. The van der Waals surface area contributed by atoms with E-state index < -0.39 is 0 Å². The Labute approximate surface area is 92.1 Å². The molecule has 0 aromatic carbocycles. The summed E-state index contributed by atoms with van der Waals surface area (Å²) in [7, 11) is 0. The summed E-state index contributed by atoms with van der Waals surface area (Å²) in [5.74, 6) is 2.04. The number of aromatic nitrogens is 2. The zero-order valence-electron chi connectivity index (χ0n) is 9.32. The van der Waals surface area contributed by atoms with Crippen LogP contribution in [0.3, 0.4) is 0 Å². The van der Waals surface area contributed by atoms with Crippen LogP contribution in [0.4, 0.5) is 0 Å². The smallest absolute Gasteiger partial charge is 0.105 e.